The number of sulfonamides is 1. The molecule has 1 unspecified atom stereocenters. The van der Waals surface area contributed by atoms with Crippen LogP contribution < -0.4 is 10.5 Å². The van der Waals surface area contributed by atoms with Crippen molar-refractivity contribution in [2.75, 3.05) is 6.54 Å². The highest BCUT2D eigenvalue weighted by atomic mass is 127. The lowest BCUT2D eigenvalue weighted by molar-refractivity contribution is 0.519. The van der Waals surface area contributed by atoms with Crippen LogP contribution in [0.1, 0.15) is 12.8 Å². The fourth-order valence-electron chi connectivity index (χ4n) is 1.74. The van der Waals surface area contributed by atoms with E-state index in [4.69, 9.17) is 5.73 Å². The van der Waals surface area contributed by atoms with E-state index in [0.29, 0.717) is 17.4 Å². The first-order valence-corrected chi connectivity index (χ1v) is 8.07. The van der Waals surface area contributed by atoms with Crippen molar-refractivity contribution < 1.29 is 8.42 Å². The third kappa shape index (κ3) is 3.40. The molecule has 2 rings (SSSR count). The summed E-state index contributed by atoms with van der Waals surface area (Å²) in [4.78, 5) is 0.309. The molecule has 0 amide bonds. The minimum atomic E-state index is -3.43. The minimum Gasteiger partial charge on any atom is -0.329 e. The van der Waals surface area contributed by atoms with Crippen molar-refractivity contribution in [3.8, 4) is 0 Å². The topological polar surface area (TPSA) is 72.2 Å². The Bertz CT molecular complexity index is 500. The molecule has 1 fully saturated rings. The van der Waals surface area contributed by atoms with E-state index in [1.807, 2.05) is 6.07 Å². The Kier molecular flexibility index (Phi) is 4.06. The normalized spacial score (nSPS) is 18.0. The van der Waals surface area contributed by atoms with Crippen LogP contribution >= 0.6 is 22.6 Å². The fraction of sp³-hybridized carbons (Fsp3) is 0.455. The number of hydrogen-bond acceptors (Lipinski definition) is 3. The lowest BCUT2D eigenvalue weighted by Crippen LogP contribution is -2.41. The predicted octanol–water partition coefficient (Wildman–Crippen LogP) is 1.31. The molecule has 0 radical (unpaired) electrons. The van der Waals surface area contributed by atoms with Crippen molar-refractivity contribution in [1.29, 1.82) is 0 Å². The summed E-state index contributed by atoms with van der Waals surface area (Å²) in [5.74, 6) is 0.414. The van der Waals surface area contributed by atoms with Gasteiger partial charge in [-0.2, -0.15) is 0 Å². The van der Waals surface area contributed by atoms with E-state index in [1.54, 1.807) is 18.2 Å². The SMILES string of the molecule is NCC(NS(=O)(=O)c1cccc(I)c1)C1CC1. The third-order valence-corrected chi connectivity index (χ3v) is 5.02. The van der Waals surface area contributed by atoms with Crippen LogP contribution in [0.3, 0.4) is 0 Å². The zero-order valence-electron chi connectivity index (χ0n) is 9.27. The maximum absolute atomic E-state index is 12.1. The third-order valence-electron chi connectivity index (χ3n) is 2.86. The van der Waals surface area contributed by atoms with Crippen LogP contribution in [0.15, 0.2) is 29.2 Å². The molecular formula is C11H15IN2O2S. The van der Waals surface area contributed by atoms with Crippen LogP contribution in [0.5, 0.6) is 0 Å². The molecule has 1 saturated carbocycles. The van der Waals surface area contributed by atoms with E-state index in [-0.39, 0.29) is 6.04 Å². The van der Waals surface area contributed by atoms with Gasteiger partial charge in [-0.3, -0.25) is 0 Å². The first-order chi connectivity index (χ1) is 8.03. The summed E-state index contributed by atoms with van der Waals surface area (Å²) in [6, 6.07) is 6.73. The monoisotopic (exact) mass is 366 g/mol. The molecule has 6 heteroatoms. The molecule has 0 heterocycles. The highest BCUT2D eigenvalue weighted by Crippen LogP contribution is 2.32. The van der Waals surface area contributed by atoms with Gasteiger partial charge in [0.15, 0.2) is 0 Å². The van der Waals surface area contributed by atoms with E-state index in [0.717, 1.165) is 16.4 Å². The first kappa shape index (κ1) is 13.3. The molecular weight excluding hydrogens is 351 g/mol. The van der Waals surface area contributed by atoms with Gasteiger partial charge in [0.1, 0.15) is 0 Å². The summed E-state index contributed by atoms with van der Waals surface area (Å²) in [5.41, 5.74) is 5.60. The number of rotatable bonds is 5. The average Bonchev–Trinajstić information content (AvgIpc) is 3.10. The lowest BCUT2D eigenvalue weighted by atomic mass is 10.2. The van der Waals surface area contributed by atoms with Crippen molar-refractivity contribution >= 4 is 32.6 Å². The number of hydrogen-bond donors (Lipinski definition) is 2. The van der Waals surface area contributed by atoms with Gasteiger partial charge in [-0.15, -0.1) is 0 Å². The molecule has 4 nitrogen and oxygen atoms in total. The Morgan fingerprint density at radius 1 is 1.47 bits per heavy atom. The second-order valence-electron chi connectivity index (χ2n) is 4.26. The van der Waals surface area contributed by atoms with Gasteiger partial charge in [0, 0.05) is 16.2 Å². The van der Waals surface area contributed by atoms with Gasteiger partial charge in [-0.25, -0.2) is 13.1 Å². The number of nitrogens with one attached hydrogen (secondary N) is 1. The number of halogens is 1. The van der Waals surface area contributed by atoms with Crippen LogP contribution in [-0.4, -0.2) is 21.0 Å². The van der Waals surface area contributed by atoms with Gasteiger partial charge in [0.05, 0.1) is 4.90 Å². The van der Waals surface area contributed by atoms with Crippen molar-refractivity contribution in [1.82, 2.24) is 4.72 Å². The Morgan fingerprint density at radius 2 is 2.18 bits per heavy atom. The summed E-state index contributed by atoms with van der Waals surface area (Å²) in [5, 5.41) is 0. The molecule has 94 valence electrons. The maximum atomic E-state index is 12.1. The molecule has 3 N–H and O–H groups in total. The Hall–Kier alpha value is -0.180. The van der Waals surface area contributed by atoms with Crippen molar-refractivity contribution in [2.45, 2.75) is 23.8 Å². The summed E-state index contributed by atoms with van der Waals surface area (Å²) in [7, 11) is -3.43. The molecule has 17 heavy (non-hydrogen) atoms. The fourth-order valence-corrected chi connectivity index (χ4v) is 3.85. The van der Waals surface area contributed by atoms with Crippen molar-refractivity contribution in [3.63, 3.8) is 0 Å². The Balaban J connectivity index is 2.18. The Morgan fingerprint density at radius 3 is 2.71 bits per heavy atom. The van der Waals surface area contributed by atoms with Crippen LogP contribution in [0.25, 0.3) is 0 Å². The number of nitrogens with two attached hydrogens (primary N) is 1. The molecule has 0 aromatic heterocycles. The van der Waals surface area contributed by atoms with Gasteiger partial charge < -0.3 is 5.73 Å². The van der Waals surface area contributed by atoms with Gasteiger partial charge in [-0.1, -0.05) is 6.07 Å². The van der Waals surface area contributed by atoms with Crippen LogP contribution in [0.2, 0.25) is 0 Å². The van der Waals surface area contributed by atoms with Crippen LogP contribution in [0.4, 0.5) is 0 Å². The van der Waals surface area contributed by atoms with Crippen molar-refractivity contribution in [3.05, 3.63) is 27.8 Å². The van der Waals surface area contributed by atoms with Crippen LogP contribution in [0, 0.1) is 9.49 Å². The molecule has 0 spiro atoms. The summed E-state index contributed by atoms with van der Waals surface area (Å²) < 4.78 is 27.8. The molecule has 0 aliphatic heterocycles. The van der Waals surface area contributed by atoms with E-state index in [2.05, 4.69) is 27.3 Å². The molecule has 1 aliphatic carbocycles. The van der Waals surface area contributed by atoms with Gasteiger partial charge in [0.2, 0.25) is 10.0 Å². The molecule has 0 saturated heterocycles. The summed E-state index contributed by atoms with van der Waals surface area (Å²) in [6.07, 6.45) is 2.13. The molecule has 1 atom stereocenters. The largest absolute Gasteiger partial charge is 0.329 e. The zero-order chi connectivity index (χ0) is 12.5. The summed E-state index contributed by atoms with van der Waals surface area (Å²) in [6.45, 7) is 0.355. The quantitative estimate of drug-likeness (QED) is 0.772. The lowest BCUT2D eigenvalue weighted by Gasteiger charge is -2.16. The van der Waals surface area contributed by atoms with E-state index in [1.165, 1.54) is 0 Å². The predicted molar refractivity (Wildman–Crippen MR) is 75.0 cm³/mol. The highest BCUT2D eigenvalue weighted by molar-refractivity contribution is 14.1. The molecule has 0 bridgehead atoms. The molecule has 1 aromatic carbocycles. The second kappa shape index (κ2) is 5.21. The molecule has 1 aromatic rings. The molecule has 1 aliphatic rings. The van der Waals surface area contributed by atoms with Gasteiger partial charge >= 0.3 is 0 Å². The minimum absolute atomic E-state index is 0.127. The summed E-state index contributed by atoms with van der Waals surface area (Å²) >= 11 is 2.10. The van der Waals surface area contributed by atoms with Crippen molar-refractivity contribution in [2.24, 2.45) is 11.7 Å². The smallest absolute Gasteiger partial charge is 0.240 e. The van der Waals surface area contributed by atoms with E-state index >= 15 is 0 Å². The second-order valence-corrected chi connectivity index (χ2v) is 7.22. The van der Waals surface area contributed by atoms with Gasteiger partial charge in [-0.05, 0) is 59.5 Å². The first-order valence-electron chi connectivity index (χ1n) is 5.51. The highest BCUT2D eigenvalue weighted by Gasteiger charge is 2.33. The van der Waals surface area contributed by atoms with Crippen LogP contribution in [-0.2, 0) is 10.0 Å². The van der Waals surface area contributed by atoms with E-state index < -0.39 is 10.0 Å². The Labute approximate surface area is 115 Å². The standard InChI is InChI=1S/C11H15IN2O2S/c12-9-2-1-3-10(6-9)17(15,16)14-11(7-13)8-4-5-8/h1-3,6,8,11,14H,4-5,7,13H2. The van der Waals surface area contributed by atoms with Gasteiger partial charge in [0.25, 0.3) is 0 Å². The average molecular weight is 366 g/mol. The zero-order valence-corrected chi connectivity index (χ0v) is 12.2. The number of benzene rings is 1. The maximum Gasteiger partial charge on any atom is 0.240 e. The van der Waals surface area contributed by atoms with E-state index in [9.17, 15) is 8.42 Å².